The Morgan fingerprint density at radius 3 is 2.52 bits per heavy atom. The van der Waals surface area contributed by atoms with Gasteiger partial charge in [-0.05, 0) is 72.2 Å². The van der Waals surface area contributed by atoms with Gasteiger partial charge < -0.3 is 14.6 Å². The molecule has 2 saturated carbocycles. The van der Waals surface area contributed by atoms with E-state index in [1.807, 2.05) is 12.1 Å². The molecular weight excluding hydrogens is 336 g/mol. The summed E-state index contributed by atoms with van der Waals surface area (Å²) in [6.07, 6.45) is 6.05. The molecule has 114 valence electrons. The van der Waals surface area contributed by atoms with Crippen molar-refractivity contribution in [2.75, 3.05) is 7.11 Å². The molecule has 4 nitrogen and oxygen atoms in total. The Hall–Kier alpha value is -1.23. The van der Waals surface area contributed by atoms with Crippen LogP contribution >= 0.6 is 15.9 Å². The number of halogens is 1. The molecule has 1 N–H and O–H groups in total. The van der Waals surface area contributed by atoms with Crippen molar-refractivity contribution < 1.29 is 19.4 Å². The van der Waals surface area contributed by atoms with E-state index < -0.39 is 11.4 Å². The van der Waals surface area contributed by atoms with Crippen LogP contribution in [-0.4, -0.2) is 24.3 Å². The normalized spacial score (nSPS) is 20.3. The largest absolute Gasteiger partial charge is 0.492 e. The summed E-state index contributed by atoms with van der Waals surface area (Å²) in [5.74, 6) is 0.541. The molecule has 2 aliphatic carbocycles. The van der Waals surface area contributed by atoms with Gasteiger partial charge in [0, 0.05) is 0 Å². The van der Waals surface area contributed by atoms with E-state index in [1.54, 1.807) is 7.11 Å². The van der Waals surface area contributed by atoms with Crippen LogP contribution in [-0.2, 0) is 10.2 Å². The molecule has 1 aromatic rings. The quantitative estimate of drug-likeness (QED) is 0.871. The van der Waals surface area contributed by atoms with E-state index in [-0.39, 0.29) is 6.10 Å². The highest BCUT2D eigenvalue weighted by molar-refractivity contribution is 9.10. The number of carboxylic acids is 1. The molecule has 0 unspecified atom stereocenters. The molecule has 5 heteroatoms. The van der Waals surface area contributed by atoms with Crippen molar-refractivity contribution in [1.29, 1.82) is 0 Å². The molecule has 2 aliphatic rings. The summed E-state index contributed by atoms with van der Waals surface area (Å²) in [7, 11) is 1.60. The van der Waals surface area contributed by atoms with Crippen molar-refractivity contribution in [1.82, 2.24) is 0 Å². The summed E-state index contributed by atoms with van der Waals surface area (Å²) in [5, 5.41) is 9.46. The van der Waals surface area contributed by atoms with Gasteiger partial charge in [-0.25, -0.2) is 0 Å². The topological polar surface area (TPSA) is 55.8 Å². The predicted molar refractivity (Wildman–Crippen MR) is 82.1 cm³/mol. The lowest BCUT2D eigenvalue weighted by atomic mass is 9.96. The fraction of sp³-hybridized carbons (Fsp3) is 0.562. The maximum Gasteiger partial charge on any atom is 0.314 e. The molecule has 0 heterocycles. The highest BCUT2D eigenvalue weighted by atomic mass is 79.9. The average molecular weight is 355 g/mol. The summed E-state index contributed by atoms with van der Waals surface area (Å²) < 4.78 is 12.2. The van der Waals surface area contributed by atoms with Crippen LogP contribution in [0, 0.1) is 0 Å². The third-order valence-corrected chi connectivity index (χ3v) is 5.11. The first-order valence-corrected chi connectivity index (χ1v) is 8.14. The minimum atomic E-state index is -0.758. The van der Waals surface area contributed by atoms with Crippen molar-refractivity contribution >= 4 is 21.9 Å². The van der Waals surface area contributed by atoms with Crippen LogP contribution in [0.3, 0.4) is 0 Å². The first kappa shape index (κ1) is 14.7. The second-order valence-corrected chi connectivity index (χ2v) is 6.76. The Labute approximate surface area is 132 Å². The van der Waals surface area contributed by atoms with Crippen LogP contribution in [0.15, 0.2) is 16.6 Å². The SMILES string of the molecule is COc1c(Br)cc(C2(C(=O)O)CC2)cc1OC1CCCC1. The third-order valence-electron chi connectivity index (χ3n) is 4.52. The van der Waals surface area contributed by atoms with Crippen molar-refractivity contribution in [3.63, 3.8) is 0 Å². The van der Waals surface area contributed by atoms with Crippen LogP contribution in [0.5, 0.6) is 11.5 Å². The van der Waals surface area contributed by atoms with Gasteiger partial charge in [-0.1, -0.05) is 0 Å². The zero-order chi connectivity index (χ0) is 15.0. The fourth-order valence-corrected chi connectivity index (χ4v) is 3.67. The van der Waals surface area contributed by atoms with Gasteiger partial charge >= 0.3 is 5.97 Å². The Morgan fingerprint density at radius 2 is 2.00 bits per heavy atom. The smallest absolute Gasteiger partial charge is 0.314 e. The molecule has 21 heavy (non-hydrogen) atoms. The van der Waals surface area contributed by atoms with Gasteiger partial charge in [0.05, 0.1) is 23.1 Å². The van der Waals surface area contributed by atoms with Gasteiger partial charge in [-0.3, -0.25) is 4.79 Å². The minimum absolute atomic E-state index is 0.209. The lowest BCUT2D eigenvalue weighted by molar-refractivity contribution is -0.140. The van der Waals surface area contributed by atoms with Crippen molar-refractivity contribution in [2.45, 2.75) is 50.0 Å². The van der Waals surface area contributed by atoms with E-state index in [9.17, 15) is 9.90 Å². The molecule has 3 rings (SSSR count). The van der Waals surface area contributed by atoms with Crippen molar-refractivity contribution in [3.8, 4) is 11.5 Å². The minimum Gasteiger partial charge on any atom is -0.492 e. The molecule has 0 saturated heterocycles. The summed E-state index contributed by atoms with van der Waals surface area (Å²) in [6.45, 7) is 0. The Kier molecular flexibility index (Phi) is 3.86. The molecule has 0 aromatic heterocycles. The van der Waals surface area contributed by atoms with E-state index >= 15 is 0 Å². The maximum absolute atomic E-state index is 11.5. The first-order chi connectivity index (χ1) is 10.1. The zero-order valence-electron chi connectivity index (χ0n) is 12.0. The molecular formula is C16H19BrO4. The van der Waals surface area contributed by atoms with Gasteiger partial charge in [0.2, 0.25) is 0 Å². The van der Waals surface area contributed by atoms with E-state index in [4.69, 9.17) is 9.47 Å². The van der Waals surface area contributed by atoms with Gasteiger partial charge in [0.1, 0.15) is 0 Å². The van der Waals surface area contributed by atoms with Crippen LogP contribution in [0.25, 0.3) is 0 Å². The molecule has 0 amide bonds. The van der Waals surface area contributed by atoms with Crippen molar-refractivity contribution in [2.24, 2.45) is 0 Å². The monoisotopic (exact) mass is 354 g/mol. The second kappa shape index (κ2) is 5.52. The highest BCUT2D eigenvalue weighted by Gasteiger charge is 2.52. The van der Waals surface area contributed by atoms with Crippen LogP contribution < -0.4 is 9.47 Å². The lowest BCUT2D eigenvalue weighted by Crippen LogP contribution is -2.20. The molecule has 0 atom stereocenters. The van der Waals surface area contributed by atoms with E-state index in [1.165, 1.54) is 12.8 Å². The number of hydrogen-bond acceptors (Lipinski definition) is 3. The Bertz CT molecular complexity index is 560. The third kappa shape index (κ3) is 2.63. The highest BCUT2D eigenvalue weighted by Crippen LogP contribution is 2.51. The summed E-state index contributed by atoms with van der Waals surface area (Å²) in [6, 6.07) is 3.70. The predicted octanol–water partition coefficient (Wildman–Crippen LogP) is 3.90. The van der Waals surface area contributed by atoms with Gasteiger partial charge in [0.25, 0.3) is 0 Å². The van der Waals surface area contributed by atoms with Crippen molar-refractivity contribution in [3.05, 3.63) is 22.2 Å². The van der Waals surface area contributed by atoms with Gasteiger partial charge in [0.15, 0.2) is 11.5 Å². The van der Waals surface area contributed by atoms with Gasteiger partial charge in [-0.15, -0.1) is 0 Å². The second-order valence-electron chi connectivity index (χ2n) is 5.90. The molecule has 1 aromatic carbocycles. The molecule has 0 aliphatic heterocycles. The Morgan fingerprint density at radius 1 is 1.33 bits per heavy atom. The van der Waals surface area contributed by atoms with E-state index in [0.717, 1.165) is 22.9 Å². The van der Waals surface area contributed by atoms with Crippen LogP contribution in [0.1, 0.15) is 44.1 Å². The number of aliphatic carboxylic acids is 1. The molecule has 0 spiro atoms. The average Bonchev–Trinajstić information content (AvgIpc) is 3.11. The number of carboxylic acid groups (broad SMARTS) is 1. The first-order valence-electron chi connectivity index (χ1n) is 7.35. The maximum atomic E-state index is 11.5. The summed E-state index contributed by atoms with van der Waals surface area (Å²) in [4.78, 5) is 11.5. The summed E-state index contributed by atoms with van der Waals surface area (Å²) in [5.41, 5.74) is 0.0680. The zero-order valence-corrected chi connectivity index (χ0v) is 13.6. The number of rotatable bonds is 5. The number of ether oxygens (including phenoxy) is 2. The summed E-state index contributed by atoms with van der Waals surface area (Å²) >= 11 is 3.48. The van der Waals surface area contributed by atoms with E-state index in [2.05, 4.69) is 15.9 Å². The van der Waals surface area contributed by atoms with Crippen LogP contribution in [0.2, 0.25) is 0 Å². The fourth-order valence-electron chi connectivity index (χ4n) is 3.07. The van der Waals surface area contributed by atoms with E-state index in [0.29, 0.717) is 24.3 Å². The number of hydrogen-bond donors (Lipinski definition) is 1. The van der Waals surface area contributed by atoms with Crippen LogP contribution in [0.4, 0.5) is 0 Å². The Balaban J connectivity index is 1.96. The van der Waals surface area contributed by atoms with Gasteiger partial charge in [-0.2, -0.15) is 0 Å². The number of methoxy groups -OCH3 is 1. The molecule has 0 bridgehead atoms. The standard InChI is InChI=1S/C16H19BrO4/c1-20-14-12(17)8-10(16(6-7-16)15(18)19)9-13(14)21-11-4-2-3-5-11/h8-9,11H,2-7H2,1H3,(H,18,19). The lowest BCUT2D eigenvalue weighted by Gasteiger charge is -2.20. The molecule has 0 radical (unpaired) electrons. The number of benzene rings is 1. The molecule has 2 fully saturated rings. The number of carbonyl (C=O) groups is 1.